The highest BCUT2D eigenvalue weighted by Crippen LogP contribution is 2.34. The van der Waals surface area contributed by atoms with Crippen molar-refractivity contribution in [3.63, 3.8) is 0 Å². The maximum absolute atomic E-state index is 12.6. The molecule has 0 saturated carbocycles. The van der Waals surface area contributed by atoms with Crippen LogP contribution in [0.2, 0.25) is 5.02 Å². The van der Waals surface area contributed by atoms with Crippen LogP contribution in [-0.2, 0) is 0 Å². The minimum absolute atomic E-state index is 0.137. The summed E-state index contributed by atoms with van der Waals surface area (Å²) < 4.78 is 48.2. The van der Waals surface area contributed by atoms with E-state index in [0.29, 0.717) is 11.3 Å². The van der Waals surface area contributed by atoms with Crippen LogP contribution >= 0.6 is 11.6 Å². The standard InChI is InChI=1S/C17H10ClF3N4O3/c1-8-6-22-16(27-8)10-7-23-25-14(26)5-12(24-15(10)25)9-2-3-11(18)13(4-9)28-17(19,20)21/h2-7,23H,1H3. The lowest BCUT2D eigenvalue weighted by Crippen LogP contribution is -2.17. The molecule has 3 heterocycles. The van der Waals surface area contributed by atoms with Crippen molar-refractivity contribution in [2.75, 3.05) is 0 Å². The molecule has 0 amide bonds. The van der Waals surface area contributed by atoms with Gasteiger partial charge in [-0.2, -0.15) is 0 Å². The molecule has 0 atom stereocenters. The predicted molar refractivity (Wildman–Crippen MR) is 93.2 cm³/mol. The van der Waals surface area contributed by atoms with Crippen molar-refractivity contribution in [2.24, 2.45) is 0 Å². The molecule has 0 aliphatic heterocycles. The van der Waals surface area contributed by atoms with Gasteiger partial charge in [-0.3, -0.25) is 9.89 Å². The third-order valence-electron chi connectivity index (χ3n) is 3.80. The van der Waals surface area contributed by atoms with Crippen LogP contribution in [-0.4, -0.2) is 25.9 Å². The molecule has 4 aromatic rings. The summed E-state index contributed by atoms with van der Waals surface area (Å²) >= 11 is 5.77. The van der Waals surface area contributed by atoms with Gasteiger partial charge in [-0.1, -0.05) is 17.7 Å². The first-order valence-electron chi connectivity index (χ1n) is 7.81. The average Bonchev–Trinajstić information content (AvgIpc) is 3.21. The van der Waals surface area contributed by atoms with E-state index in [1.54, 1.807) is 6.92 Å². The first-order valence-corrected chi connectivity index (χ1v) is 8.19. The number of aryl methyl sites for hydroxylation is 1. The van der Waals surface area contributed by atoms with E-state index in [1.165, 1.54) is 35.1 Å². The molecule has 144 valence electrons. The van der Waals surface area contributed by atoms with Gasteiger partial charge in [0.25, 0.3) is 5.56 Å². The van der Waals surface area contributed by atoms with E-state index in [4.69, 9.17) is 16.0 Å². The van der Waals surface area contributed by atoms with Gasteiger partial charge in [-0.05, 0) is 19.1 Å². The normalized spacial score (nSPS) is 11.9. The molecular formula is C17H10ClF3N4O3. The van der Waals surface area contributed by atoms with E-state index in [-0.39, 0.29) is 27.8 Å². The van der Waals surface area contributed by atoms with E-state index in [0.717, 1.165) is 6.07 Å². The Morgan fingerprint density at radius 1 is 1.29 bits per heavy atom. The molecule has 0 bridgehead atoms. The third kappa shape index (κ3) is 3.33. The number of benzene rings is 1. The van der Waals surface area contributed by atoms with Gasteiger partial charge in [0, 0.05) is 17.8 Å². The summed E-state index contributed by atoms with van der Waals surface area (Å²) in [4.78, 5) is 20.9. The monoisotopic (exact) mass is 410 g/mol. The Morgan fingerprint density at radius 2 is 2.07 bits per heavy atom. The fourth-order valence-corrected chi connectivity index (χ4v) is 2.79. The van der Waals surface area contributed by atoms with Crippen LogP contribution < -0.4 is 10.3 Å². The van der Waals surface area contributed by atoms with Crippen LogP contribution in [0.15, 0.2) is 45.9 Å². The number of aromatic amines is 1. The zero-order valence-corrected chi connectivity index (χ0v) is 14.8. The number of fused-ring (bicyclic) bond motifs is 1. The molecule has 0 aliphatic carbocycles. The molecule has 0 saturated heterocycles. The highest BCUT2D eigenvalue weighted by atomic mass is 35.5. The van der Waals surface area contributed by atoms with Crippen molar-refractivity contribution in [1.82, 2.24) is 19.6 Å². The first-order chi connectivity index (χ1) is 13.2. The summed E-state index contributed by atoms with van der Waals surface area (Å²) in [7, 11) is 0. The second-order valence-corrected chi connectivity index (χ2v) is 6.20. The summed E-state index contributed by atoms with van der Waals surface area (Å²) in [5.41, 5.74) is 0.518. The molecule has 0 spiro atoms. The number of oxazole rings is 1. The lowest BCUT2D eigenvalue weighted by molar-refractivity contribution is -0.274. The summed E-state index contributed by atoms with van der Waals surface area (Å²) in [5.74, 6) is 0.225. The minimum atomic E-state index is -4.91. The minimum Gasteiger partial charge on any atom is -0.441 e. The van der Waals surface area contributed by atoms with Crippen molar-refractivity contribution in [2.45, 2.75) is 13.3 Å². The Bertz CT molecular complexity index is 1240. The zero-order chi connectivity index (χ0) is 20.1. The smallest absolute Gasteiger partial charge is 0.441 e. The Kier molecular flexibility index (Phi) is 4.15. The van der Waals surface area contributed by atoms with Crippen LogP contribution in [0.4, 0.5) is 13.2 Å². The number of hydrogen-bond donors (Lipinski definition) is 1. The number of nitrogens with zero attached hydrogens (tertiary/aromatic N) is 3. The predicted octanol–water partition coefficient (Wildman–Crippen LogP) is 4.21. The number of ether oxygens (including phenoxy) is 1. The number of hydrogen-bond acceptors (Lipinski definition) is 5. The molecule has 1 aromatic carbocycles. The van der Waals surface area contributed by atoms with Crippen LogP contribution in [0, 0.1) is 6.92 Å². The number of rotatable bonds is 3. The van der Waals surface area contributed by atoms with Gasteiger partial charge in [-0.15, -0.1) is 13.2 Å². The third-order valence-corrected chi connectivity index (χ3v) is 4.11. The van der Waals surface area contributed by atoms with Gasteiger partial charge in [0.2, 0.25) is 5.89 Å². The van der Waals surface area contributed by atoms with Crippen LogP contribution in [0.3, 0.4) is 0 Å². The van der Waals surface area contributed by atoms with Gasteiger partial charge in [0.1, 0.15) is 11.5 Å². The molecule has 0 fully saturated rings. The lowest BCUT2D eigenvalue weighted by Gasteiger charge is -2.11. The van der Waals surface area contributed by atoms with Gasteiger partial charge in [0.05, 0.1) is 22.5 Å². The Balaban J connectivity index is 1.86. The quantitative estimate of drug-likeness (QED) is 0.547. The van der Waals surface area contributed by atoms with E-state index >= 15 is 0 Å². The van der Waals surface area contributed by atoms with Crippen molar-refractivity contribution < 1.29 is 22.3 Å². The van der Waals surface area contributed by atoms with Gasteiger partial charge in [0.15, 0.2) is 5.65 Å². The zero-order valence-electron chi connectivity index (χ0n) is 14.0. The second kappa shape index (κ2) is 6.41. The maximum Gasteiger partial charge on any atom is 0.573 e. The molecule has 28 heavy (non-hydrogen) atoms. The van der Waals surface area contributed by atoms with Gasteiger partial charge >= 0.3 is 6.36 Å². The Hall–Kier alpha value is -3.27. The second-order valence-electron chi connectivity index (χ2n) is 5.79. The van der Waals surface area contributed by atoms with Crippen LogP contribution in [0.5, 0.6) is 5.75 Å². The van der Waals surface area contributed by atoms with E-state index in [2.05, 4.69) is 19.8 Å². The van der Waals surface area contributed by atoms with E-state index < -0.39 is 17.7 Å². The maximum atomic E-state index is 12.6. The molecule has 4 rings (SSSR count). The number of alkyl halides is 3. The van der Waals surface area contributed by atoms with Gasteiger partial charge < -0.3 is 9.15 Å². The summed E-state index contributed by atoms with van der Waals surface area (Å²) in [6, 6.07) is 4.91. The fourth-order valence-electron chi connectivity index (χ4n) is 2.63. The Labute approximate surface area is 159 Å². The van der Waals surface area contributed by atoms with Crippen molar-refractivity contribution in [3.05, 3.63) is 57.8 Å². The highest BCUT2D eigenvalue weighted by Gasteiger charge is 2.32. The fraction of sp³-hybridized carbons (Fsp3) is 0.118. The van der Waals surface area contributed by atoms with E-state index in [9.17, 15) is 18.0 Å². The molecule has 11 heteroatoms. The van der Waals surface area contributed by atoms with Crippen molar-refractivity contribution in [3.8, 4) is 28.5 Å². The van der Waals surface area contributed by atoms with Crippen molar-refractivity contribution >= 4 is 17.2 Å². The first kappa shape index (κ1) is 18.1. The highest BCUT2D eigenvalue weighted by molar-refractivity contribution is 6.32. The van der Waals surface area contributed by atoms with Crippen LogP contribution in [0.1, 0.15) is 5.76 Å². The summed E-state index contributed by atoms with van der Waals surface area (Å²) in [6.07, 6.45) is -1.89. The molecule has 1 N–H and O–H groups in total. The topological polar surface area (TPSA) is 85.4 Å². The van der Waals surface area contributed by atoms with Gasteiger partial charge in [-0.25, -0.2) is 14.5 Å². The van der Waals surface area contributed by atoms with Crippen LogP contribution in [0.25, 0.3) is 28.4 Å². The SMILES string of the molecule is Cc1cnc(-c2c[nH]n3c(=O)cc(-c4ccc(Cl)c(OC(F)(F)F)c4)nc23)o1. The van der Waals surface area contributed by atoms with E-state index in [1.807, 2.05) is 0 Å². The number of nitrogens with one attached hydrogen (secondary N) is 1. The molecule has 0 radical (unpaired) electrons. The largest absolute Gasteiger partial charge is 0.573 e. The number of halogens is 4. The molecular weight excluding hydrogens is 401 g/mol. The summed E-state index contributed by atoms with van der Waals surface area (Å²) in [6.45, 7) is 1.71. The molecule has 0 unspecified atom stereocenters. The average molecular weight is 411 g/mol. The molecule has 3 aromatic heterocycles. The Morgan fingerprint density at radius 3 is 2.75 bits per heavy atom. The lowest BCUT2D eigenvalue weighted by atomic mass is 10.1. The summed E-state index contributed by atoms with van der Waals surface area (Å²) in [5, 5.41) is 2.52. The number of H-pyrrole nitrogens is 1. The molecule has 0 aliphatic rings. The number of aromatic nitrogens is 4. The van der Waals surface area contributed by atoms with Crippen molar-refractivity contribution in [1.29, 1.82) is 0 Å². The molecule has 7 nitrogen and oxygen atoms in total.